The minimum atomic E-state index is -1.26. The highest BCUT2D eigenvalue weighted by atomic mass is 16.4. The maximum absolute atomic E-state index is 11.4. The Morgan fingerprint density at radius 2 is 2.07 bits per heavy atom. The minimum absolute atomic E-state index is 0.209. The fourth-order valence-corrected chi connectivity index (χ4v) is 1.16. The molecule has 5 N–H and O–H groups in total. The first-order chi connectivity index (χ1) is 7.00. The molecule has 0 aromatic carbocycles. The monoisotopic (exact) mass is 215 g/mol. The van der Waals surface area contributed by atoms with Gasteiger partial charge in [-0.15, -0.1) is 0 Å². The van der Waals surface area contributed by atoms with E-state index >= 15 is 0 Å². The van der Waals surface area contributed by atoms with E-state index < -0.39 is 17.9 Å². The van der Waals surface area contributed by atoms with E-state index in [1.807, 2.05) is 0 Å². The molecule has 1 fully saturated rings. The molecule has 0 unspecified atom stereocenters. The van der Waals surface area contributed by atoms with Crippen molar-refractivity contribution in [1.29, 1.82) is 0 Å². The zero-order valence-electron chi connectivity index (χ0n) is 8.03. The lowest BCUT2D eigenvalue weighted by atomic mass is 10.0. The van der Waals surface area contributed by atoms with Crippen LogP contribution in [0.25, 0.3) is 0 Å². The molecule has 0 spiro atoms. The fourth-order valence-electron chi connectivity index (χ4n) is 1.16. The number of primary amides is 1. The molecule has 1 heterocycles. The van der Waals surface area contributed by atoms with Gasteiger partial charge in [0.25, 0.3) is 0 Å². The van der Waals surface area contributed by atoms with Crippen molar-refractivity contribution in [2.45, 2.75) is 12.5 Å². The molecule has 0 radical (unpaired) electrons. The Morgan fingerprint density at radius 3 is 2.40 bits per heavy atom. The van der Waals surface area contributed by atoms with Crippen LogP contribution in [0.3, 0.4) is 0 Å². The molecule has 0 aliphatic carbocycles. The second-order valence-electron chi connectivity index (χ2n) is 3.43. The molecule has 7 nitrogen and oxygen atoms in total. The predicted molar refractivity (Wildman–Crippen MR) is 49.7 cm³/mol. The lowest BCUT2D eigenvalue weighted by molar-refractivity contribution is -0.144. The van der Waals surface area contributed by atoms with Gasteiger partial charge in [-0.25, -0.2) is 4.79 Å². The van der Waals surface area contributed by atoms with E-state index in [0.717, 1.165) is 0 Å². The number of rotatable bonds is 5. The summed E-state index contributed by atoms with van der Waals surface area (Å²) >= 11 is 0. The number of nitrogens with two attached hydrogens (primary N) is 1. The van der Waals surface area contributed by atoms with Crippen LogP contribution in [0.4, 0.5) is 0 Å². The standard InChI is InChI=1S/C8H13N3O4/c9-6(12)1-5(8(14)15)11-7(13)4-2-10-3-4/h4-5,10H,1-3H2,(H2,9,12)(H,11,13)(H,14,15)/t5-/m0/s1. The Kier molecular flexibility index (Phi) is 3.62. The van der Waals surface area contributed by atoms with Crippen LogP contribution >= 0.6 is 0 Å². The summed E-state index contributed by atoms with van der Waals surface area (Å²) in [6.07, 6.45) is -0.388. The first-order valence-corrected chi connectivity index (χ1v) is 4.53. The van der Waals surface area contributed by atoms with Gasteiger partial charge in [0.15, 0.2) is 0 Å². The Balaban J connectivity index is 2.46. The van der Waals surface area contributed by atoms with Crippen LogP contribution in [-0.2, 0) is 14.4 Å². The molecule has 1 rings (SSSR count). The van der Waals surface area contributed by atoms with E-state index in [9.17, 15) is 14.4 Å². The van der Waals surface area contributed by atoms with E-state index in [-0.39, 0.29) is 18.2 Å². The van der Waals surface area contributed by atoms with Crippen LogP contribution in [0, 0.1) is 5.92 Å². The summed E-state index contributed by atoms with van der Waals surface area (Å²) in [6, 6.07) is -1.23. The van der Waals surface area contributed by atoms with Gasteiger partial charge in [-0.3, -0.25) is 9.59 Å². The summed E-state index contributed by atoms with van der Waals surface area (Å²) in [6.45, 7) is 1.07. The largest absolute Gasteiger partial charge is 0.480 e. The van der Waals surface area contributed by atoms with Crippen molar-refractivity contribution in [2.75, 3.05) is 13.1 Å². The second kappa shape index (κ2) is 4.74. The normalized spacial score (nSPS) is 17.6. The van der Waals surface area contributed by atoms with Gasteiger partial charge in [-0.2, -0.15) is 0 Å². The lowest BCUT2D eigenvalue weighted by Crippen LogP contribution is -2.54. The van der Waals surface area contributed by atoms with Gasteiger partial charge in [-0.1, -0.05) is 0 Å². The second-order valence-corrected chi connectivity index (χ2v) is 3.43. The summed E-state index contributed by atoms with van der Waals surface area (Å²) in [5.74, 6) is -2.58. The molecule has 1 atom stereocenters. The van der Waals surface area contributed by atoms with E-state index in [4.69, 9.17) is 10.8 Å². The van der Waals surface area contributed by atoms with E-state index in [1.165, 1.54) is 0 Å². The van der Waals surface area contributed by atoms with Gasteiger partial charge in [-0.05, 0) is 0 Å². The molecule has 7 heteroatoms. The summed E-state index contributed by atoms with van der Waals surface area (Å²) in [7, 11) is 0. The summed E-state index contributed by atoms with van der Waals surface area (Å²) in [5, 5.41) is 13.9. The van der Waals surface area contributed by atoms with E-state index in [1.54, 1.807) is 0 Å². The first kappa shape index (κ1) is 11.4. The topological polar surface area (TPSA) is 122 Å². The van der Waals surface area contributed by atoms with Gasteiger partial charge < -0.3 is 21.5 Å². The average molecular weight is 215 g/mol. The molecule has 0 aromatic heterocycles. The number of amides is 2. The Hall–Kier alpha value is -1.63. The molecular formula is C8H13N3O4. The van der Waals surface area contributed by atoms with Crippen molar-refractivity contribution in [2.24, 2.45) is 11.7 Å². The molecule has 0 aromatic rings. The van der Waals surface area contributed by atoms with Gasteiger partial charge in [0.2, 0.25) is 11.8 Å². The number of carbonyl (C=O) groups excluding carboxylic acids is 2. The van der Waals surface area contributed by atoms with Gasteiger partial charge in [0.05, 0.1) is 12.3 Å². The van der Waals surface area contributed by atoms with Crippen LogP contribution in [0.2, 0.25) is 0 Å². The summed E-state index contributed by atoms with van der Waals surface area (Å²) in [4.78, 5) is 32.6. The van der Waals surface area contributed by atoms with Crippen molar-refractivity contribution in [3.63, 3.8) is 0 Å². The number of aliphatic carboxylic acids is 1. The zero-order valence-corrected chi connectivity index (χ0v) is 8.03. The molecular weight excluding hydrogens is 202 g/mol. The highest BCUT2D eigenvalue weighted by Crippen LogP contribution is 2.03. The molecule has 1 aliphatic rings. The van der Waals surface area contributed by atoms with Crippen molar-refractivity contribution in [1.82, 2.24) is 10.6 Å². The summed E-state index contributed by atoms with van der Waals surface area (Å²) < 4.78 is 0. The zero-order chi connectivity index (χ0) is 11.4. The molecule has 84 valence electrons. The van der Waals surface area contributed by atoms with Crippen LogP contribution in [0.1, 0.15) is 6.42 Å². The first-order valence-electron chi connectivity index (χ1n) is 4.53. The van der Waals surface area contributed by atoms with Crippen molar-refractivity contribution in [3.05, 3.63) is 0 Å². The number of carboxylic acids is 1. The molecule has 2 amide bonds. The van der Waals surface area contributed by atoms with Crippen molar-refractivity contribution in [3.8, 4) is 0 Å². The number of carboxylic acid groups (broad SMARTS) is 1. The van der Waals surface area contributed by atoms with E-state index in [0.29, 0.717) is 13.1 Å². The lowest BCUT2D eigenvalue weighted by Gasteiger charge is -2.27. The fraction of sp³-hybridized carbons (Fsp3) is 0.625. The third-order valence-electron chi connectivity index (χ3n) is 2.17. The van der Waals surface area contributed by atoms with Crippen LogP contribution in [0.5, 0.6) is 0 Å². The van der Waals surface area contributed by atoms with Crippen LogP contribution in [0.15, 0.2) is 0 Å². The average Bonchev–Trinajstić information content (AvgIpc) is 1.98. The number of carbonyl (C=O) groups is 3. The Bertz CT molecular complexity index is 288. The smallest absolute Gasteiger partial charge is 0.326 e. The number of nitrogens with one attached hydrogen (secondary N) is 2. The van der Waals surface area contributed by atoms with Crippen LogP contribution in [-0.4, -0.2) is 42.0 Å². The highest BCUT2D eigenvalue weighted by Gasteiger charge is 2.29. The minimum Gasteiger partial charge on any atom is -0.480 e. The summed E-state index contributed by atoms with van der Waals surface area (Å²) in [5.41, 5.74) is 4.86. The van der Waals surface area contributed by atoms with Gasteiger partial charge in [0.1, 0.15) is 6.04 Å². The highest BCUT2D eigenvalue weighted by molar-refractivity contribution is 5.89. The maximum Gasteiger partial charge on any atom is 0.326 e. The molecule has 1 saturated heterocycles. The number of hydrogen-bond donors (Lipinski definition) is 4. The van der Waals surface area contributed by atoms with E-state index in [2.05, 4.69) is 10.6 Å². The predicted octanol–water partition coefficient (Wildman–Crippen LogP) is -2.35. The number of hydrogen-bond acceptors (Lipinski definition) is 4. The molecule has 0 saturated carbocycles. The molecule has 15 heavy (non-hydrogen) atoms. The Morgan fingerprint density at radius 1 is 1.47 bits per heavy atom. The van der Waals surface area contributed by atoms with Crippen LogP contribution < -0.4 is 16.4 Å². The van der Waals surface area contributed by atoms with Crippen molar-refractivity contribution >= 4 is 17.8 Å². The third-order valence-corrected chi connectivity index (χ3v) is 2.17. The molecule has 1 aliphatic heterocycles. The molecule has 0 bridgehead atoms. The third kappa shape index (κ3) is 3.21. The Labute approximate surface area is 86.0 Å². The quantitative estimate of drug-likeness (QED) is 0.409. The van der Waals surface area contributed by atoms with Gasteiger partial charge >= 0.3 is 5.97 Å². The maximum atomic E-state index is 11.4. The SMILES string of the molecule is NC(=O)C[C@H](NC(=O)C1CNC1)C(=O)O. The van der Waals surface area contributed by atoms with Gasteiger partial charge in [0, 0.05) is 13.1 Å². The van der Waals surface area contributed by atoms with Crippen molar-refractivity contribution < 1.29 is 19.5 Å².